The molecule has 0 fully saturated rings. The van der Waals surface area contributed by atoms with Gasteiger partial charge in [0.1, 0.15) is 0 Å². The zero-order valence-corrected chi connectivity index (χ0v) is 27.0. The molecule has 5 heteroatoms. The van der Waals surface area contributed by atoms with Gasteiger partial charge in [0.25, 0.3) is 0 Å². The average Bonchev–Trinajstić information content (AvgIpc) is 3.47. The first-order chi connectivity index (χ1) is 14.9. The fourth-order valence-electron chi connectivity index (χ4n) is 4.05. The Morgan fingerprint density at radius 2 is 1.63 bits per heavy atom. The van der Waals surface area contributed by atoms with Crippen LogP contribution >= 0.6 is 24.8 Å². The van der Waals surface area contributed by atoms with E-state index in [1.54, 1.807) is 0 Å². The van der Waals surface area contributed by atoms with E-state index in [9.17, 15) is 0 Å². The van der Waals surface area contributed by atoms with Gasteiger partial charge in [0, 0.05) is 0 Å². The van der Waals surface area contributed by atoms with Gasteiger partial charge in [-0.3, -0.25) is 0 Å². The number of allylic oxidation sites excluding steroid dienone is 3. The minimum atomic E-state index is 0. The number of aryl methyl sites for hydroxylation is 2. The van der Waals surface area contributed by atoms with Gasteiger partial charge in [-0.05, 0) is 25.1 Å². The van der Waals surface area contributed by atoms with Crippen molar-refractivity contribution in [1.29, 1.82) is 0 Å². The molecule has 0 N–H and O–H groups in total. The Bertz CT molecular complexity index is 1160. The van der Waals surface area contributed by atoms with Crippen molar-refractivity contribution in [2.45, 2.75) is 27.7 Å². The minimum absolute atomic E-state index is 0. The van der Waals surface area contributed by atoms with E-state index in [1.807, 2.05) is 0 Å². The second-order valence-corrected chi connectivity index (χ2v) is 8.42. The summed E-state index contributed by atoms with van der Waals surface area (Å²) in [6.45, 7) is 12.9. The standard InChI is InChI=1S/C17H15.C11H14N.2CH3.2ClH.Si.Zr/c1-12-10-16-13(2)8-9-15(17(16)11-12)14-6-4-3-5-7-14;1-8(2)10-6-9-4-5-12(3)11(9)7-10;;;;;;/h3-11H,1-2H3;4,7-8H,5H2,1-3H3;2*1H3;2*1H;;/q4*-1;;;;. The van der Waals surface area contributed by atoms with Crippen molar-refractivity contribution in [2.75, 3.05) is 13.6 Å². The molecule has 2 aliphatic rings. The fraction of sp³-hybridized carbons (Fsp3) is 0.233. The summed E-state index contributed by atoms with van der Waals surface area (Å²) in [4.78, 5) is 2.26. The van der Waals surface area contributed by atoms with Crippen LogP contribution in [0.25, 0.3) is 21.9 Å². The quantitative estimate of drug-likeness (QED) is 0.211. The molecule has 0 bridgehead atoms. The van der Waals surface area contributed by atoms with Crippen LogP contribution in [0.2, 0.25) is 0 Å². The first kappa shape index (κ1) is 35.9. The molecule has 0 saturated heterocycles. The van der Waals surface area contributed by atoms with Gasteiger partial charge in [-0.1, -0.05) is 75.4 Å². The molecule has 0 amide bonds. The number of hydrogen-bond acceptors (Lipinski definition) is 1. The van der Waals surface area contributed by atoms with Crippen molar-refractivity contribution in [2.24, 2.45) is 5.92 Å². The summed E-state index contributed by atoms with van der Waals surface area (Å²) in [6.07, 6.45) is 7.92. The van der Waals surface area contributed by atoms with Crippen LogP contribution in [0.3, 0.4) is 0 Å². The monoisotopic (exact) mass is 599 g/mol. The molecule has 3 aromatic carbocycles. The Balaban J connectivity index is 0. The average molecular weight is 602 g/mol. The number of hydrogen-bond donors (Lipinski definition) is 0. The van der Waals surface area contributed by atoms with E-state index < -0.39 is 0 Å². The van der Waals surface area contributed by atoms with Gasteiger partial charge in [-0.25, -0.2) is 0 Å². The van der Waals surface area contributed by atoms with Gasteiger partial charge in [-0.15, -0.1) is 88.2 Å². The third-order valence-corrected chi connectivity index (χ3v) is 5.78. The maximum absolute atomic E-state index is 3.43. The van der Waals surface area contributed by atoms with E-state index in [4.69, 9.17) is 0 Å². The Hall–Kier alpha value is -1.25. The van der Waals surface area contributed by atoms with Crippen molar-refractivity contribution >= 4 is 42.5 Å². The topological polar surface area (TPSA) is 3.24 Å². The first-order valence-electron chi connectivity index (χ1n) is 10.7. The number of likely N-dealkylation sites (N-methyl/N-ethyl adjacent to an activating group) is 1. The van der Waals surface area contributed by atoms with Crippen LogP contribution in [0.5, 0.6) is 0 Å². The zero-order chi connectivity index (χ0) is 22.5. The molecule has 1 aliphatic carbocycles. The molecule has 188 valence electrons. The third kappa shape index (κ3) is 8.39. The molecule has 0 atom stereocenters. The predicted octanol–water partition coefficient (Wildman–Crippen LogP) is 8.34. The van der Waals surface area contributed by atoms with Crippen molar-refractivity contribution in [3.8, 4) is 11.1 Å². The van der Waals surface area contributed by atoms with E-state index in [1.165, 1.54) is 73.2 Å². The molecular formula is C30H37Cl2NSiZr-4. The van der Waals surface area contributed by atoms with Crippen molar-refractivity contribution in [3.63, 3.8) is 0 Å². The summed E-state index contributed by atoms with van der Waals surface area (Å²) in [5, 5.41) is 2.75. The van der Waals surface area contributed by atoms with Crippen molar-refractivity contribution in [3.05, 3.63) is 116 Å². The van der Waals surface area contributed by atoms with Crippen LogP contribution in [0, 0.1) is 40.7 Å². The Morgan fingerprint density at radius 3 is 2.20 bits per heavy atom. The summed E-state index contributed by atoms with van der Waals surface area (Å²) >= 11 is 1.36. The molecule has 0 spiro atoms. The number of benzene rings is 2. The number of fused-ring (bicyclic) bond motifs is 2. The van der Waals surface area contributed by atoms with Crippen LogP contribution in [0.15, 0.2) is 83.6 Å². The molecule has 1 aliphatic heterocycles. The van der Waals surface area contributed by atoms with Crippen LogP contribution in [-0.2, 0) is 23.3 Å². The Kier molecular flexibility index (Phi) is 16.9. The van der Waals surface area contributed by atoms with Crippen molar-refractivity contribution < 1.29 is 23.3 Å². The van der Waals surface area contributed by atoms with Crippen LogP contribution in [0.1, 0.15) is 25.0 Å². The van der Waals surface area contributed by atoms with Crippen molar-refractivity contribution in [1.82, 2.24) is 4.90 Å². The van der Waals surface area contributed by atoms with E-state index in [-0.39, 0.29) is 39.7 Å². The fourth-order valence-corrected chi connectivity index (χ4v) is 4.05. The predicted molar refractivity (Wildman–Crippen MR) is 158 cm³/mol. The van der Waals surface area contributed by atoms with Gasteiger partial charge in [0.2, 0.25) is 0 Å². The van der Waals surface area contributed by atoms with Crippen LogP contribution < -0.4 is 0 Å². The SMILES string of the molecule is CC(C)C1=[C-]C2=CCN(C)C2=C1.Cc1cc2c(-c3ccccc3)ccc(C)c2[cH-]1.Cl.Cl.[CH3-].[CH3-].[Si]=[Zr]. The molecule has 5 rings (SSSR count). The second-order valence-electron chi connectivity index (χ2n) is 8.42. The van der Waals surface area contributed by atoms with E-state index in [0.717, 1.165) is 6.54 Å². The normalized spacial score (nSPS) is 12.6. The number of rotatable bonds is 2. The molecule has 0 unspecified atom stereocenters. The van der Waals surface area contributed by atoms with Gasteiger partial charge in [0.05, 0.1) is 0 Å². The summed E-state index contributed by atoms with van der Waals surface area (Å²) in [6, 6.07) is 19.6. The molecule has 35 heavy (non-hydrogen) atoms. The second kappa shape index (κ2) is 16.5. The van der Waals surface area contributed by atoms with Gasteiger partial charge in [-0.2, -0.15) is 6.07 Å². The van der Waals surface area contributed by atoms with E-state index in [2.05, 4.69) is 119 Å². The molecule has 1 nitrogen and oxygen atoms in total. The summed E-state index contributed by atoms with van der Waals surface area (Å²) in [7, 11) is 2.13. The molecule has 2 radical (unpaired) electrons. The number of nitrogens with zero attached hydrogens (tertiary/aromatic N) is 1. The summed E-state index contributed by atoms with van der Waals surface area (Å²) < 4.78 is 0. The maximum atomic E-state index is 3.43. The molecular weight excluding hydrogens is 565 g/mol. The summed E-state index contributed by atoms with van der Waals surface area (Å²) in [5.41, 5.74) is 9.30. The molecule has 0 aromatic heterocycles. The van der Waals surface area contributed by atoms with E-state index >= 15 is 0 Å². The molecule has 0 saturated carbocycles. The Labute approximate surface area is 243 Å². The van der Waals surface area contributed by atoms with Gasteiger partial charge in [0.15, 0.2) is 0 Å². The third-order valence-electron chi connectivity index (χ3n) is 5.78. The molecule has 1 heterocycles. The van der Waals surface area contributed by atoms with E-state index in [0.29, 0.717) is 5.92 Å². The first-order valence-corrected chi connectivity index (χ1v) is 14.9. The van der Waals surface area contributed by atoms with Gasteiger partial charge < -0.3 is 19.8 Å². The van der Waals surface area contributed by atoms with Gasteiger partial charge >= 0.3 is 30.2 Å². The number of halogens is 2. The van der Waals surface area contributed by atoms with Crippen LogP contribution in [-0.4, -0.2) is 25.4 Å². The Morgan fingerprint density at radius 1 is 1.00 bits per heavy atom. The summed E-state index contributed by atoms with van der Waals surface area (Å²) in [5.74, 6) is 0.595. The molecule has 3 aromatic rings. The van der Waals surface area contributed by atoms with Crippen LogP contribution in [0.4, 0.5) is 0 Å². The zero-order valence-electron chi connectivity index (χ0n) is 21.9.